The van der Waals surface area contributed by atoms with E-state index >= 15 is 0 Å². The molecule has 0 radical (unpaired) electrons. The van der Waals surface area contributed by atoms with Crippen molar-refractivity contribution in [1.29, 1.82) is 0 Å². The molecule has 10 heteroatoms. The summed E-state index contributed by atoms with van der Waals surface area (Å²) < 4.78 is 54.0. The molecule has 0 aliphatic carbocycles. The fraction of sp³-hybridized carbons (Fsp3) is 0.923. The van der Waals surface area contributed by atoms with Gasteiger partial charge >= 0.3 is 0 Å². The van der Waals surface area contributed by atoms with Crippen LogP contribution in [0, 0.1) is 0 Å². The Hall–Kier alpha value is -0.710. The van der Waals surface area contributed by atoms with Crippen molar-refractivity contribution in [2.24, 2.45) is 0 Å². The molecule has 2 heterocycles. The lowest BCUT2D eigenvalue weighted by Gasteiger charge is -2.28. The molecular formula is C13H24N2O6S2. The maximum Gasteiger partial charge on any atom is 0.223 e. The van der Waals surface area contributed by atoms with Gasteiger partial charge in [-0.15, -0.1) is 0 Å². The molecule has 0 bridgehead atoms. The van der Waals surface area contributed by atoms with Crippen LogP contribution in [0.5, 0.6) is 0 Å². The Balaban J connectivity index is 1.92. The Morgan fingerprint density at radius 2 is 1.96 bits per heavy atom. The van der Waals surface area contributed by atoms with Crippen molar-refractivity contribution in [3.8, 4) is 0 Å². The number of amides is 1. The molecule has 0 aromatic heterocycles. The fourth-order valence-corrected chi connectivity index (χ4v) is 6.10. The van der Waals surface area contributed by atoms with Crippen LogP contribution in [-0.4, -0.2) is 88.1 Å². The normalized spacial score (nSPS) is 25.3. The maximum absolute atomic E-state index is 12.3. The molecule has 0 N–H and O–H groups in total. The van der Waals surface area contributed by atoms with Crippen LogP contribution >= 0.6 is 0 Å². The summed E-state index contributed by atoms with van der Waals surface area (Å²) in [6.45, 7) is 3.53. The zero-order valence-corrected chi connectivity index (χ0v) is 14.9. The topological polar surface area (TPSA) is 101 Å². The van der Waals surface area contributed by atoms with Gasteiger partial charge in [-0.25, -0.2) is 16.8 Å². The van der Waals surface area contributed by atoms with Crippen LogP contribution in [0.4, 0.5) is 0 Å². The predicted octanol–water partition coefficient (Wildman–Crippen LogP) is -0.926. The van der Waals surface area contributed by atoms with E-state index in [-0.39, 0.29) is 35.6 Å². The molecule has 0 spiro atoms. The lowest BCUT2D eigenvalue weighted by atomic mass is 10.2. The molecule has 8 nitrogen and oxygen atoms in total. The Bertz CT molecular complexity index is 625. The van der Waals surface area contributed by atoms with Crippen molar-refractivity contribution in [3.05, 3.63) is 0 Å². The largest absolute Gasteiger partial charge is 0.379 e. The third-order valence-electron chi connectivity index (χ3n) is 4.25. The fourth-order valence-electron chi connectivity index (χ4n) is 2.97. The molecule has 134 valence electrons. The second kappa shape index (κ2) is 7.45. The molecule has 2 saturated heterocycles. The van der Waals surface area contributed by atoms with Gasteiger partial charge < -0.3 is 9.64 Å². The van der Waals surface area contributed by atoms with Crippen LogP contribution in [-0.2, 0) is 29.4 Å². The third-order valence-corrected chi connectivity index (χ3v) is 7.87. The first-order chi connectivity index (χ1) is 10.7. The van der Waals surface area contributed by atoms with Crippen molar-refractivity contribution < 1.29 is 26.4 Å². The first-order valence-corrected chi connectivity index (χ1v) is 11.2. The standard InChI is InChI=1S/C13H24N2O6S2/c1-2-15(12-3-9-22(17,18)11-12)13(16)4-10-23(19,20)14-5-7-21-8-6-14/h12H,2-11H2,1H3. The highest BCUT2D eigenvalue weighted by Crippen LogP contribution is 2.19. The molecule has 1 atom stereocenters. The van der Waals surface area contributed by atoms with E-state index in [9.17, 15) is 21.6 Å². The monoisotopic (exact) mass is 368 g/mol. The zero-order valence-electron chi connectivity index (χ0n) is 13.3. The first-order valence-electron chi connectivity index (χ1n) is 7.80. The van der Waals surface area contributed by atoms with E-state index in [2.05, 4.69) is 0 Å². The van der Waals surface area contributed by atoms with Crippen LogP contribution < -0.4 is 0 Å². The molecule has 0 aromatic carbocycles. The quantitative estimate of drug-likeness (QED) is 0.601. The molecule has 2 aliphatic rings. The molecule has 2 aliphatic heterocycles. The summed E-state index contributed by atoms with van der Waals surface area (Å²) in [4.78, 5) is 13.8. The highest BCUT2D eigenvalue weighted by molar-refractivity contribution is 7.91. The van der Waals surface area contributed by atoms with Crippen LogP contribution in [0.15, 0.2) is 0 Å². The van der Waals surface area contributed by atoms with Crippen molar-refractivity contribution >= 4 is 25.8 Å². The van der Waals surface area contributed by atoms with Gasteiger partial charge in [-0.05, 0) is 13.3 Å². The van der Waals surface area contributed by atoms with E-state index in [1.165, 1.54) is 9.21 Å². The number of carbonyl (C=O) groups is 1. The minimum absolute atomic E-state index is 0.0250. The van der Waals surface area contributed by atoms with Crippen LogP contribution in [0.1, 0.15) is 19.8 Å². The average Bonchev–Trinajstić information content (AvgIpc) is 2.87. The second-order valence-electron chi connectivity index (χ2n) is 5.81. The number of hydrogen-bond donors (Lipinski definition) is 0. The van der Waals surface area contributed by atoms with Gasteiger partial charge in [-0.3, -0.25) is 4.79 Å². The molecule has 23 heavy (non-hydrogen) atoms. The lowest BCUT2D eigenvalue weighted by molar-refractivity contribution is -0.132. The Morgan fingerprint density at radius 1 is 1.30 bits per heavy atom. The summed E-state index contributed by atoms with van der Waals surface area (Å²) in [7, 11) is -6.56. The number of hydrogen-bond acceptors (Lipinski definition) is 6. The van der Waals surface area contributed by atoms with Gasteiger partial charge in [0.15, 0.2) is 9.84 Å². The summed E-state index contributed by atoms with van der Waals surface area (Å²) in [5.74, 6) is -0.482. The van der Waals surface area contributed by atoms with E-state index in [1.54, 1.807) is 6.92 Å². The first kappa shape index (κ1) is 18.6. The second-order valence-corrected chi connectivity index (χ2v) is 10.1. The average molecular weight is 368 g/mol. The summed E-state index contributed by atoms with van der Waals surface area (Å²) in [5.41, 5.74) is 0. The third kappa shape index (κ3) is 4.88. The Labute approximate surface area is 137 Å². The zero-order chi connectivity index (χ0) is 17.1. The molecule has 0 saturated carbocycles. The van der Waals surface area contributed by atoms with E-state index in [0.717, 1.165) is 0 Å². The highest BCUT2D eigenvalue weighted by Gasteiger charge is 2.34. The minimum atomic E-state index is -3.48. The summed E-state index contributed by atoms with van der Waals surface area (Å²) >= 11 is 0. The molecule has 2 fully saturated rings. The Morgan fingerprint density at radius 3 is 2.48 bits per heavy atom. The van der Waals surface area contributed by atoms with Gasteiger partial charge in [0.05, 0.1) is 30.5 Å². The summed E-state index contributed by atoms with van der Waals surface area (Å²) in [6, 6.07) is -0.330. The molecule has 1 amide bonds. The van der Waals surface area contributed by atoms with Crippen LogP contribution in [0.2, 0.25) is 0 Å². The molecular weight excluding hydrogens is 344 g/mol. The van der Waals surface area contributed by atoms with Gasteiger partial charge in [-0.1, -0.05) is 0 Å². The lowest BCUT2D eigenvalue weighted by Crippen LogP contribution is -2.44. The van der Waals surface area contributed by atoms with Gasteiger partial charge in [0, 0.05) is 32.1 Å². The van der Waals surface area contributed by atoms with Crippen LogP contribution in [0.25, 0.3) is 0 Å². The molecule has 0 aromatic rings. The van der Waals surface area contributed by atoms with E-state index in [0.29, 0.717) is 39.3 Å². The number of sulfone groups is 1. The van der Waals surface area contributed by atoms with E-state index in [4.69, 9.17) is 4.74 Å². The van der Waals surface area contributed by atoms with Gasteiger partial charge in [0.1, 0.15) is 0 Å². The number of nitrogens with zero attached hydrogens (tertiary/aromatic N) is 2. The van der Waals surface area contributed by atoms with E-state index < -0.39 is 19.9 Å². The van der Waals surface area contributed by atoms with Gasteiger partial charge in [0.2, 0.25) is 15.9 Å². The van der Waals surface area contributed by atoms with Crippen LogP contribution in [0.3, 0.4) is 0 Å². The van der Waals surface area contributed by atoms with E-state index in [1.807, 2.05) is 0 Å². The smallest absolute Gasteiger partial charge is 0.223 e. The number of ether oxygens (including phenoxy) is 1. The van der Waals surface area contributed by atoms with Crippen molar-refractivity contribution in [2.45, 2.75) is 25.8 Å². The highest BCUT2D eigenvalue weighted by atomic mass is 32.2. The predicted molar refractivity (Wildman–Crippen MR) is 85.2 cm³/mol. The van der Waals surface area contributed by atoms with Crippen molar-refractivity contribution in [3.63, 3.8) is 0 Å². The number of sulfonamides is 1. The van der Waals surface area contributed by atoms with Gasteiger partial charge in [0.25, 0.3) is 0 Å². The van der Waals surface area contributed by atoms with Gasteiger partial charge in [-0.2, -0.15) is 4.31 Å². The van der Waals surface area contributed by atoms with Crippen molar-refractivity contribution in [1.82, 2.24) is 9.21 Å². The Kier molecular flexibility index (Phi) is 6.04. The molecule has 1 unspecified atom stereocenters. The minimum Gasteiger partial charge on any atom is -0.379 e. The SMILES string of the molecule is CCN(C(=O)CCS(=O)(=O)N1CCOCC1)C1CCS(=O)(=O)C1. The number of morpholine rings is 1. The van der Waals surface area contributed by atoms with Crippen molar-refractivity contribution in [2.75, 3.05) is 50.1 Å². The number of rotatable bonds is 6. The molecule has 2 rings (SSSR count). The summed E-state index contributed by atoms with van der Waals surface area (Å²) in [5, 5.41) is 0. The number of carbonyl (C=O) groups excluding carboxylic acids is 1. The summed E-state index contributed by atoms with van der Waals surface area (Å²) in [6.07, 6.45) is 0.308. The maximum atomic E-state index is 12.3.